The van der Waals surface area contributed by atoms with Gasteiger partial charge in [0, 0.05) is 55.8 Å². The number of amides is 1. The van der Waals surface area contributed by atoms with Crippen LogP contribution >= 0.6 is 0 Å². The fourth-order valence-electron chi connectivity index (χ4n) is 5.33. The quantitative estimate of drug-likeness (QED) is 0.252. The molecular weight excluding hydrogens is 485 g/mol. The number of nitrogens with zero attached hydrogens (tertiary/aromatic N) is 3. The largest absolute Gasteiger partial charge is 0.497 e. The van der Waals surface area contributed by atoms with Crippen molar-refractivity contribution < 1.29 is 18.8 Å². The van der Waals surface area contributed by atoms with Crippen LogP contribution in [-0.4, -0.2) is 53.9 Å². The maximum atomic E-state index is 13.5. The van der Waals surface area contributed by atoms with Crippen LogP contribution in [-0.2, 0) is 6.54 Å². The first-order valence-electron chi connectivity index (χ1n) is 12.9. The number of carbonyl (C=O) groups is 1. The van der Waals surface area contributed by atoms with E-state index in [0.29, 0.717) is 43.9 Å². The van der Waals surface area contributed by atoms with Crippen molar-refractivity contribution in [3.8, 4) is 5.75 Å². The fraction of sp³-hybridized carbons (Fsp3) is 0.367. The molecule has 7 nitrogen and oxygen atoms in total. The molecule has 0 aliphatic carbocycles. The number of rotatable bonds is 10. The second kappa shape index (κ2) is 12.2. The number of hydrogen-bond acceptors (Lipinski definition) is 5. The first kappa shape index (κ1) is 27.3. The van der Waals surface area contributed by atoms with Crippen LogP contribution in [0.4, 0.5) is 10.1 Å². The number of likely N-dealkylation sites (tertiary alicyclic amines) is 1. The molecule has 1 aliphatic heterocycles. The minimum Gasteiger partial charge on any atom is -0.497 e. The van der Waals surface area contributed by atoms with E-state index in [1.807, 2.05) is 29.2 Å². The number of halogens is 1. The van der Waals surface area contributed by atoms with Crippen molar-refractivity contribution >= 4 is 11.6 Å². The van der Waals surface area contributed by atoms with Crippen molar-refractivity contribution in [2.45, 2.75) is 26.3 Å². The standard InChI is InChI=1S/C30H34FN3O4/c1-21(2)16-33(30(35)22-11-13-26(31)14-12-22)19-25-18-32(17-24-7-4-5-10-29(24)34(36)37)20-28(25)23-8-6-9-27(15-23)38-3/h4-15,21,25,28H,16-20H2,1-3H3/t25-,28-/m1/s1. The zero-order valence-electron chi connectivity index (χ0n) is 22.0. The van der Waals surface area contributed by atoms with Crippen molar-refractivity contribution in [3.05, 3.63) is 105 Å². The third-order valence-electron chi connectivity index (χ3n) is 7.04. The minimum atomic E-state index is -0.378. The summed E-state index contributed by atoms with van der Waals surface area (Å²) >= 11 is 0. The van der Waals surface area contributed by atoms with Gasteiger partial charge in [-0.1, -0.05) is 44.2 Å². The molecule has 0 N–H and O–H groups in total. The molecule has 1 saturated heterocycles. The maximum absolute atomic E-state index is 13.5. The van der Waals surface area contributed by atoms with Gasteiger partial charge in [0.2, 0.25) is 0 Å². The van der Waals surface area contributed by atoms with E-state index in [0.717, 1.165) is 11.3 Å². The number of carbonyl (C=O) groups excluding carboxylic acids is 1. The molecule has 1 amide bonds. The molecule has 0 aromatic heterocycles. The lowest BCUT2D eigenvalue weighted by Crippen LogP contribution is -2.39. The zero-order chi connectivity index (χ0) is 27.2. The number of methoxy groups -OCH3 is 1. The van der Waals surface area contributed by atoms with Gasteiger partial charge >= 0.3 is 0 Å². The summed E-state index contributed by atoms with van der Waals surface area (Å²) in [5, 5.41) is 11.6. The highest BCUT2D eigenvalue weighted by atomic mass is 19.1. The van der Waals surface area contributed by atoms with Crippen molar-refractivity contribution in [1.82, 2.24) is 9.80 Å². The van der Waals surface area contributed by atoms with Crippen molar-refractivity contribution in [3.63, 3.8) is 0 Å². The van der Waals surface area contributed by atoms with Gasteiger partial charge in [-0.3, -0.25) is 19.8 Å². The van der Waals surface area contributed by atoms with Crippen LogP contribution in [0.3, 0.4) is 0 Å². The Labute approximate surface area is 223 Å². The number of nitro benzene ring substituents is 1. The molecule has 1 heterocycles. The molecule has 2 atom stereocenters. The highest BCUT2D eigenvalue weighted by molar-refractivity contribution is 5.94. The summed E-state index contributed by atoms with van der Waals surface area (Å²) in [6.45, 7) is 7.05. The van der Waals surface area contributed by atoms with Crippen LogP contribution < -0.4 is 4.74 Å². The molecule has 38 heavy (non-hydrogen) atoms. The second-order valence-electron chi connectivity index (χ2n) is 10.3. The third-order valence-corrected chi connectivity index (χ3v) is 7.04. The number of ether oxygens (including phenoxy) is 1. The van der Waals surface area contributed by atoms with Gasteiger partial charge in [0.15, 0.2) is 0 Å². The monoisotopic (exact) mass is 519 g/mol. The van der Waals surface area contributed by atoms with Gasteiger partial charge in [-0.2, -0.15) is 0 Å². The number of benzene rings is 3. The van der Waals surface area contributed by atoms with E-state index in [9.17, 15) is 19.3 Å². The predicted octanol–water partition coefficient (Wildman–Crippen LogP) is 5.76. The Morgan fingerprint density at radius 2 is 1.84 bits per heavy atom. The summed E-state index contributed by atoms with van der Waals surface area (Å²) in [7, 11) is 1.64. The SMILES string of the molecule is COc1cccc([C@H]2CN(Cc3ccccc3[N+](=O)[O-])C[C@@H]2CN(CC(C)C)C(=O)c2ccc(F)cc2)c1. The van der Waals surface area contributed by atoms with Crippen LogP contribution in [0.5, 0.6) is 5.75 Å². The van der Waals surface area contributed by atoms with Gasteiger partial charge in [0.25, 0.3) is 11.6 Å². The van der Waals surface area contributed by atoms with Crippen LogP contribution in [0.2, 0.25) is 0 Å². The molecule has 0 saturated carbocycles. The van der Waals surface area contributed by atoms with Crippen LogP contribution in [0.1, 0.15) is 41.3 Å². The van der Waals surface area contributed by atoms with Crippen molar-refractivity contribution in [2.75, 3.05) is 33.3 Å². The molecule has 0 bridgehead atoms. The first-order valence-corrected chi connectivity index (χ1v) is 12.9. The fourth-order valence-corrected chi connectivity index (χ4v) is 5.33. The van der Waals surface area contributed by atoms with Crippen LogP contribution in [0, 0.1) is 27.8 Å². The van der Waals surface area contributed by atoms with Gasteiger partial charge < -0.3 is 9.64 Å². The zero-order valence-corrected chi connectivity index (χ0v) is 22.0. The Balaban J connectivity index is 1.63. The normalized spacial score (nSPS) is 17.5. The molecule has 1 fully saturated rings. The maximum Gasteiger partial charge on any atom is 0.273 e. The number of hydrogen-bond donors (Lipinski definition) is 0. The van der Waals surface area contributed by atoms with E-state index in [-0.39, 0.29) is 40.1 Å². The Bertz CT molecular complexity index is 1260. The van der Waals surface area contributed by atoms with E-state index in [2.05, 4.69) is 24.8 Å². The van der Waals surface area contributed by atoms with Gasteiger partial charge in [-0.25, -0.2) is 4.39 Å². The van der Waals surface area contributed by atoms with Gasteiger partial charge in [0.05, 0.1) is 12.0 Å². The van der Waals surface area contributed by atoms with E-state index in [4.69, 9.17) is 4.74 Å². The highest BCUT2D eigenvalue weighted by Crippen LogP contribution is 2.36. The van der Waals surface area contributed by atoms with E-state index in [1.165, 1.54) is 30.3 Å². The summed E-state index contributed by atoms with van der Waals surface area (Å²) in [4.78, 5) is 28.9. The summed E-state index contributed by atoms with van der Waals surface area (Å²) < 4.78 is 19.0. The summed E-state index contributed by atoms with van der Waals surface area (Å²) in [5.74, 6) is 0.701. The van der Waals surface area contributed by atoms with Crippen molar-refractivity contribution in [1.29, 1.82) is 0 Å². The molecule has 8 heteroatoms. The smallest absolute Gasteiger partial charge is 0.273 e. The number of nitro groups is 1. The molecule has 3 aromatic carbocycles. The predicted molar refractivity (Wildman–Crippen MR) is 145 cm³/mol. The Kier molecular flexibility index (Phi) is 8.73. The van der Waals surface area contributed by atoms with Gasteiger partial charge in [-0.15, -0.1) is 0 Å². The molecule has 1 aliphatic rings. The molecule has 0 spiro atoms. The van der Waals surface area contributed by atoms with Crippen molar-refractivity contribution in [2.24, 2.45) is 11.8 Å². The molecular formula is C30H34FN3O4. The summed E-state index contributed by atoms with van der Waals surface area (Å²) in [6.07, 6.45) is 0. The van der Waals surface area contributed by atoms with Crippen LogP contribution in [0.15, 0.2) is 72.8 Å². The molecule has 0 radical (unpaired) electrons. The summed E-state index contributed by atoms with van der Waals surface area (Å²) in [5.41, 5.74) is 2.35. The Morgan fingerprint density at radius 1 is 1.11 bits per heavy atom. The number of para-hydroxylation sites is 1. The van der Waals surface area contributed by atoms with Gasteiger partial charge in [0.1, 0.15) is 11.6 Å². The van der Waals surface area contributed by atoms with E-state index >= 15 is 0 Å². The molecule has 200 valence electrons. The minimum absolute atomic E-state index is 0.0908. The third kappa shape index (κ3) is 6.55. The molecule has 4 rings (SSSR count). The molecule has 3 aromatic rings. The summed E-state index contributed by atoms with van der Waals surface area (Å²) in [6, 6.07) is 20.5. The molecule has 0 unspecified atom stereocenters. The lowest BCUT2D eigenvalue weighted by molar-refractivity contribution is -0.385. The highest BCUT2D eigenvalue weighted by Gasteiger charge is 2.37. The average Bonchev–Trinajstić information content (AvgIpc) is 3.30. The van der Waals surface area contributed by atoms with Gasteiger partial charge in [-0.05, 0) is 53.8 Å². The lowest BCUT2D eigenvalue weighted by Gasteiger charge is -2.30. The lowest BCUT2D eigenvalue weighted by atomic mass is 9.88. The topological polar surface area (TPSA) is 75.9 Å². The van der Waals surface area contributed by atoms with E-state index in [1.54, 1.807) is 19.2 Å². The Hall–Kier alpha value is -3.78. The van der Waals surface area contributed by atoms with E-state index < -0.39 is 0 Å². The second-order valence-corrected chi connectivity index (χ2v) is 10.3. The van der Waals surface area contributed by atoms with Crippen LogP contribution in [0.25, 0.3) is 0 Å². The Morgan fingerprint density at radius 3 is 2.53 bits per heavy atom. The average molecular weight is 520 g/mol. The first-order chi connectivity index (χ1) is 18.2.